The van der Waals surface area contributed by atoms with Crippen molar-refractivity contribution >= 4 is 13.2 Å². The molecule has 9 heteroatoms. The van der Waals surface area contributed by atoms with E-state index in [4.69, 9.17) is 28.3 Å². The van der Waals surface area contributed by atoms with E-state index in [1.165, 1.54) is 0 Å². The highest BCUT2D eigenvalue weighted by Gasteiger charge is 2.55. The van der Waals surface area contributed by atoms with E-state index in [1.54, 1.807) is 26.2 Å². The van der Waals surface area contributed by atoms with E-state index in [9.17, 15) is 4.79 Å². The topological polar surface area (TPSA) is 75.7 Å². The summed E-state index contributed by atoms with van der Waals surface area (Å²) in [5, 5.41) is 0. The molecule has 1 aromatic rings. The molecule has 0 spiro atoms. The van der Waals surface area contributed by atoms with Crippen molar-refractivity contribution in [2.45, 2.75) is 97.5 Å². The van der Waals surface area contributed by atoms with Gasteiger partial charge < -0.3 is 33.2 Å². The van der Waals surface area contributed by atoms with Gasteiger partial charge in [-0.15, -0.1) is 0 Å². The van der Waals surface area contributed by atoms with Gasteiger partial charge in [0.25, 0.3) is 0 Å². The summed E-state index contributed by atoms with van der Waals surface area (Å²) in [4.78, 5) is 14.9. The molecule has 1 aliphatic rings. The molecule has 2 rings (SSSR count). The van der Waals surface area contributed by atoms with Crippen molar-refractivity contribution in [2.24, 2.45) is 0 Å². The minimum Gasteiger partial charge on any atom is -0.493 e. The number of rotatable bonds is 10. The molecule has 1 amide bonds. The third-order valence-corrected chi connectivity index (χ3v) is 6.59. The van der Waals surface area contributed by atoms with E-state index >= 15 is 0 Å². The van der Waals surface area contributed by atoms with E-state index in [1.807, 2.05) is 67.5 Å². The smallest absolute Gasteiger partial charge is 0.493 e. The molecule has 1 saturated heterocycles. The first-order valence-corrected chi connectivity index (χ1v) is 11.9. The molecule has 34 heavy (non-hydrogen) atoms. The lowest BCUT2D eigenvalue weighted by Gasteiger charge is -2.32. The van der Waals surface area contributed by atoms with E-state index in [0.29, 0.717) is 30.1 Å². The number of aryl methyl sites for hydroxylation is 1. The molecule has 0 bridgehead atoms. The molecule has 1 aromatic carbocycles. The molecule has 0 radical (unpaired) electrons. The molecule has 0 unspecified atom stereocenters. The Labute approximate surface area is 205 Å². The van der Waals surface area contributed by atoms with Crippen LogP contribution in [0.1, 0.15) is 67.4 Å². The summed E-state index contributed by atoms with van der Waals surface area (Å²) in [6.07, 6.45) is 0.697. The van der Waals surface area contributed by atoms with Gasteiger partial charge in [0.15, 0.2) is 11.5 Å². The Morgan fingerprint density at radius 3 is 1.76 bits per heavy atom. The van der Waals surface area contributed by atoms with Crippen molar-refractivity contribution < 1.29 is 33.1 Å². The Morgan fingerprint density at radius 1 is 0.912 bits per heavy atom. The van der Waals surface area contributed by atoms with Crippen LogP contribution in [0.25, 0.3) is 0 Å². The van der Waals surface area contributed by atoms with Gasteiger partial charge in [0, 0.05) is 12.1 Å². The SMILES string of the molecule is COc1cc(CC[C@@H](OC(=O)N(C(C)C)C(C)C)B2OC(C)(C)C(C)(C)O2)cc(OC)c1OC. The van der Waals surface area contributed by atoms with Crippen LogP contribution in [-0.4, -0.2) is 68.7 Å². The van der Waals surface area contributed by atoms with Gasteiger partial charge >= 0.3 is 13.2 Å². The highest BCUT2D eigenvalue weighted by Crippen LogP contribution is 2.40. The quantitative estimate of drug-likeness (QED) is 0.442. The molecule has 1 fully saturated rings. The number of hydrogen-bond acceptors (Lipinski definition) is 7. The maximum Gasteiger partial charge on any atom is 0.501 e. The van der Waals surface area contributed by atoms with Crippen LogP contribution in [-0.2, 0) is 20.5 Å². The van der Waals surface area contributed by atoms with E-state index in [0.717, 1.165) is 5.56 Å². The Balaban J connectivity index is 2.31. The van der Waals surface area contributed by atoms with Gasteiger partial charge in [-0.1, -0.05) is 0 Å². The van der Waals surface area contributed by atoms with Crippen molar-refractivity contribution in [1.29, 1.82) is 0 Å². The molecule has 0 saturated carbocycles. The largest absolute Gasteiger partial charge is 0.501 e. The number of hydrogen-bond donors (Lipinski definition) is 0. The zero-order chi connectivity index (χ0) is 25.8. The molecular formula is C25H42BNO7. The van der Waals surface area contributed by atoms with E-state index in [-0.39, 0.29) is 18.2 Å². The Morgan fingerprint density at radius 2 is 1.38 bits per heavy atom. The summed E-state index contributed by atoms with van der Waals surface area (Å²) in [5.41, 5.74) is -0.119. The van der Waals surface area contributed by atoms with Crippen LogP contribution in [0, 0.1) is 0 Å². The minimum absolute atomic E-state index is 0.00144. The molecule has 1 atom stereocenters. The summed E-state index contributed by atoms with van der Waals surface area (Å²) in [7, 11) is 4.06. The Bertz CT molecular complexity index is 792. The van der Waals surface area contributed by atoms with Crippen molar-refractivity contribution in [3.8, 4) is 17.2 Å². The monoisotopic (exact) mass is 479 g/mol. The normalized spacial score (nSPS) is 17.6. The van der Waals surface area contributed by atoms with E-state index in [2.05, 4.69) is 0 Å². The maximum absolute atomic E-state index is 13.1. The third kappa shape index (κ3) is 6.11. The minimum atomic E-state index is -0.683. The zero-order valence-corrected chi connectivity index (χ0v) is 22.7. The van der Waals surface area contributed by atoms with Crippen molar-refractivity contribution in [3.63, 3.8) is 0 Å². The summed E-state index contributed by atoms with van der Waals surface area (Å²) in [5.74, 6) is 1.69. The van der Waals surface area contributed by atoms with Gasteiger partial charge in [0.05, 0.1) is 32.5 Å². The predicted octanol–water partition coefficient (Wildman–Crippen LogP) is 4.90. The highest BCUT2D eigenvalue weighted by atomic mass is 16.7. The van der Waals surface area contributed by atoms with Gasteiger partial charge in [-0.25, -0.2) is 4.79 Å². The summed E-state index contributed by atoms with van der Waals surface area (Å²) in [6, 6.07) is 3.20. The third-order valence-electron chi connectivity index (χ3n) is 6.59. The van der Waals surface area contributed by atoms with Crippen LogP contribution in [0.4, 0.5) is 4.79 Å². The van der Waals surface area contributed by atoms with Crippen LogP contribution >= 0.6 is 0 Å². The number of benzene rings is 1. The lowest BCUT2D eigenvalue weighted by molar-refractivity contribution is 0.00578. The average molecular weight is 479 g/mol. The van der Waals surface area contributed by atoms with Crippen LogP contribution in [0.15, 0.2) is 12.1 Å². The fourth-order valence-electron chi connectivity index (χ4n) is 4.09. The Hall–Kier alpha value is -2.13. The second-order valence-electron chi connectivity index (χ2n) is 10.2. The number of nitrogens with zero attached hydrogens (tertiary/aromatic N) is 1. The molecule has 8 nitrogen and oxygen atoms in total. The lowest BCUT2D eigenvalue weighted by Crippen LogP contribution is -2.47. The molecule has 1 heterocycles. The molecule has 192 valence electrons. The van der Waals surface area contributed by atoms with Gasteiger partial charge in [-0.2, -0.15) is 0 Å². The zero-order valence-electron chi connectivity index (χ0n) is 22.7. The summed E-state index contributed by atoms with van der Waals surface area (Å²) < 4.78 is 34.9. The van der Waals surface area contributed by atoms with Crippen molar-refractivity contribution in [1.82, 2.24) is 4.90 Å². The molecule has 0 aliphatic carbocycles. The maximum atomic E-state index is 13.1. The van der Waals surface area contributed by atoms with Crippen LogP contribution in [0.5, 0.6) is 17.2 Å². The lowest BCUT2D eigenvalue weighted by atomic mass is 9.77. The molecule has 0 N–H and O–H groups in total. The average Bonchev–Trinajstić information content (AvgIpc) is 2.96. The summed E-state index contributed by atoms with van der Waals surface area (Å²) in [6.45, 7) is 15.8. The predicted molar refractivity (Wildman–Crippen MR) is 133 cm³/mol. The number of methoxy groups -OCH3 is 3. The van der Waals surface area contributed by atoms with Gasteiger partial charge in [-0.05, 0) is 85.9 Å². The van der Waals surface area contributed by atoms with Gasteiger partial charge in [-0.3, -0.25) is 0 Å². The number of carbonyl (C=O) groups is 1. The first kappa shape index (κ1) is 28.1. The first-order valence-electron chi connectivity index (χ1n) is 11.9. The van der Waals surface area contributed by atoms with Gasteiger partial charge in [0.1, 0.15) is 6.00 Å². The standard InChI is InChI=1S/C25H42BNO7/c1-16(2)27(17(3)4)23(28)32-21(26-33-24(5,6)25(7,8)34-26)13-12-18-14-19(29-9)22(31-11)20(15-18)30-10/h14-17,21H,12-13H2,1-11H3/t21-/m1/s1. The van der Waals surface area contributed by atoms with Crippen molar-refractivity contribution in [3.05, 3.63) is 17.7 Å². The number of amides is 1. The van der Waals surface area contributed by atoms with Crippen molar-refractivity contribution in [2.75, 3.05) is 21.3 Å². The molecule has 0 aromatic heterocycles. The fraction of sp³-hybridized carbons (Fsp3) is 0.720. The second-order valence-corrected chi connectivity index (χ2v) is 10.2. The second kappa shape index (κ2) is 11.1. The first-order chi connectivity index (χ1) is 15.8. The molecular weight excluding hydrogens is 437 g/mol. The van der Waals surface area contributed by atoms with Gasteiger partial charge in [0.2, 0.25) is 5.75 Å². The highest BCUT2D eigenvalue weighted by molar-refractivity contribution is 6.47. The number of carbonyl (C=O) groups excluding carboxylic acids is 1. The van der Waals surface area contributed by atoms with Crippen LogP contribution < -0.4 is 14.2 Å². The Kier molecular flexibility index (Phi) is 9.16. The molecule has 1 aliphatic heterocycles. The van der Waals surface area contributed by atoms with E-state index < -0.39 is 24.3 Å². The summed E-state index contributed by atoms with van der Waals surface area (Å²) >= 11 is 0. The van der Waals surface area contributed by atoms with Crippen LogP contribution in [0.2, 0.25) is 0 Å². The van der Waals surface area contributed by atoms with Crippen LogP contribution in [0.3, 0.4) is 0 Å². The fourth-order valence-corrected chi connectivity index (χ4v) is 4.09. The number of ether oxygens (including phenoxy) is 4.